The van der Waals surface area contributed by atoms with Gasteiger partial charge in [-0.1, -0.05) is 6.07 Å². The van der Waals surface area contributed by atoms with Gasteiger partial charge in [0.1, 0.15) is 5.82 Å². The second-order valence-corrected chi connectivity index (χ2v) is 5.60. The lowest BCUT2D eigenvalue weighted by atomic mass is 9.97. The summed E-state index contributed by atoms with van der Waals surface area (Å²) in [5.74, 6) is 1.79. The first kappa shape index (κ1) is 11.7. The molecule has 1 aliphatic rings. The summed E-state index contributed by atoms with van der Waals surface area (Å²) in [5, 5.41) is 0. The average Bonchev–Trinajstić information content (AvgIpc) is 2.80. The van der Waals surface area contributed by atoms with Crippen molar-refractivity contribution in [3.63, 3.8) is 0 Å². The number of aryl methyl sites for hydroxylation is 2. The fourth-order valence-corrected chi connectivity index (χ4v) is 2.81. The standard InChI is InChI=1S/C15H21N3/c1-10-4-5-13-14(11(10)2)17-15(16-13)12-6-8-18(3)9-7-12/h4-5,12H,6-9H2,1-3H3,(H,16,17). The Hall–Kier alpha value is -1.35. The Morgan fingerprint density at radius 1 is 1.22 bits per heavy atom. The zero-order valence-corrected chi connectivity index (χ0v) is 11.5. The fraction of sp³-hybridized carbons (Fsp3) is 0.533. The Balaban J connectivity index is 1.96. The van der Waals surface area contributed by atoms with Crippen molar-refractivity contribution in [1.29, 1.82) is 0 Å². The zero-order valence-electron chi connectivity index (χ0n) is 11.5. The molecule has 0 unspecified atom stereocenters. The van der Waals surface area contributed by atoms with Crippen molar-refractivity contribution >= 4 is 11.0 Å². The van der Waals surface area contributed by atoms with Gasteiger partial charge in [-0.25, -0.2) is 4.98 Å². The van der Waals surface area contributed by atoms with Gasteiger partial charge in [0.15, 0.2) is 0 Å². The molecule has 3 rings (SSSR count). The number of aromatic amines is 1. The summed E-state index contributed by atoms with van der Waals surface area (Å²) >= 11 is 0. The van der Waals surface area contributed by atoms with E-state index in [0.29, 0.717) is 5.92 Å². The van der Waals surface area contributed by atoms with Crippen molar-refractivity contribution in [2.75, 3.05) is 20.1 Å². The molecule has 2 heterocycles. The van der Waals surface area contributed by atoms with Gasteiger partial charge in [-0.2, -0.15) is 0 Å². The number of benzene rings is 1. The molecule has 3 heteroatoms. The first-order chi connectivity index (χ1) is 8.65. The van der Waals surface area contributed by atoms with Gasteiger partial charge in [0, 0.05) is 5.92 Å². The normalized spacial score (nSPS) is 18.6. The van der Waals surface area contributed by atoms with Crippen LogP contribution in [0, 0.1) is 13.8 Å². The van der Waals surface area contributed by atoms with Gasteiger partial charge in [0.2, 0.25) is 0 Å². The third-order valence-corrected chi connectivity index (χ3v) is 4.30. The second kappa shape index (κ2) is 4.39. The second-order valence-electron chi connectivity index (χ2n) is 5.60. The maximum atomic E-state index is 4.85. The van der Waals surface area contributed by atoms with Gasteiger partial charge in [0.05, 0.1) is 11.0 Å². The number of hydrogen-bond donors (Lipinski definition) is 1. The Morgan fingerprint density at radius 2 is 1.94 bits per heavy atom. The summed E-state index contributed by atoms with van der Waals surface area (Å²) in [4.78, 5) is 10.8. The average molecular weight is 243 g/mol. The van der Waals surface area contributed by atoms with E-state index in [0.717, 1.165) is 5.52 Å². The number of likely N-dealkylation sites (tertiary alicyclic amines) is 1. The predicted octanol–water partition coefficient (Wildman–Crippen LogP) is 2.99. The van der Waals surface area contributed by atoms with Crippen LogP contribution in [-0.4, -0.2) is 35.0 Å². The number of nitrogens with zero attached hydrogens (tertiary/aromatic N) is 2. The van der Waals surface area contributed by atoms with Crippen LogP contribution in [0.4, 0.5) is 0 Å². The molecular weight excluding hydrogens is 222 g/mol. The maximum absolute atomic E-state index is 4.85. The summed E-state index contributed by atoms with van der Waals surface area (Å²) in [6, 6.07) is 4.33. The molecule has 1 aromatic carbocycles. The largest absolute Gasteiger partial charge is 0.342 e. The lowest BCUT2D eigenvalue weighted by Gasteiger charge is -2.27. The van der Waals surface area contributed by atoms with Crippen LogP contribution < -0.4 is 0 Å². The number of fused-ring (bicyclic) bond motifs is 1. The van der Waals surface area contributed by atoms with Gasteiger partial charge in [-0.3, -0.25) is 0 Å². The van der Waals surface area contributed by atoms with Crippen molar-refractivity contribution in [2.24, 2.45) is 0 Å². The van der Waals surface area contributed by atoms with Crippen molar-refractivity contribution < 1.29 is 0 Å². The molecule has 2 aromatic rings. The number of aromatic nitrogens is 2. The van der Waals surface area contributed by atoms with Crippen LogP contribution in [0.1, 0.15) is 35.7 Å². The lowest BCUT2D eigenvalue weighted by molar-refractivity contribution is 0.252. The molecule has 0 aliphatic carbocycles. The predicted molar refractivity (Wildman–Crippen MR) is 75.0 cm³/mol. The van der Waals surface area contributed by atoms with E-state index in [1.807, 2.05) is 0 Å². The van der Waals surface area contributed by atoms with Crippen LogP contribution in [0.15, 0.2) is 12.1 Å². The summed E-state index contributed by atoms with van der Waals surface area (Å²) in [7, 11) is 2.20. The first-order valence-electron chi connectivity index (χ1n) is 6.79. The molecule has 1 N–H and O–H groups in total. The molecule has 1 fully saturated rings. The van der Waals surface area contributed by atoms with Crippen molar-refractivity contribution in [2.45, 2.75) is 32.6 Å². The van der Waals surface area contributed by atoms with E-state index >= 15 is 0 Å². The fourth-order valence-electron chi connectivity index (χ4n) is 2.81. The van der Waals surface area contributed by atoms with Crippen LogP contribution in [0.5, 0.6) is 0 Å². The number of piperidine rings is 1. The van der Waals surface area contributed by atoms with Crippen molar-refractivity contribution in [1.82, 2.24) is 14.9 Å². The molecular formula is C15H21N3. The SMILES string of the molecule is Cc1ccc2[nH]c(C3CCN(C)CC3)nc2c1C. The van der Waals surface area contributed by atoms with Crippen LogP contribution >= 0.6 is 0 Å². The molecule has 0 amide bonds. The van der Waals surface area contributed by atoms with E-state index in [-0.39, 0.29) is 0 Å². The Kier molecular flexibility index (Phi) is 2.86. The summed E-state index contributed by atoms with van der Waals surface area (Å²) in [5.41, 5.74) is 4.97. The highest BCUT2D eigenvalue weighted by Crippen LogP contribution is 2.28. The monoisotopic (exact) mass is 243 g/mol. The van der Waals surface area contributed by atoms with Crippen molar-refractivity contribution in [3.8, 4) is 0 Å². The van der Waals surface area contributed by atoms with Gasteiger partial charge in [0.25, 0.3) is 0 Å². The highest BCUT2D eigenvalue weighted by molar-refractivity contribution is 5.79. The molecule has 1 saturated heterocycles. The smallest absolute Gasteiger partial charge is 0.110 e. The van der Waals surface area contributed by atoms with Gasteiger partial charge in [-0.15, -0.1) is 0 Å². The quantitative estimate of drug-likeness (QED) is 0.835. The number of hydrogen-bond acceptors (Lipinski definition) is 2. The maximum Gasteiger partial charge on any atom is 0.110 e. The topological polar surface area (TPSA) is 31.9 Å². The van der Waals surface area contributed by atoms with Crippen LogP contribution in [0.2, 0.25) is 0 Å². The first-order valence-corrected chi connectivity index (χ1v) is 6.79. The van der Waals surface area contributed by atoms with Crippen LogP contribution in [-0.2, 0) is 0 Å². The van der Waals surface area contributed by atoms with E-state index in [2.05, 4.69) is 42.9 Å². The molecule has 1 aliphatic heterocycles. The highest BCUT2D eigenvalue weighted by Gasteiger charge is 2.21. The molecule has 1 aromatic heterocycles. The molecule has 0 saturated carbocycles. The number of imidazole rings is 1. The summed E-state index contributed by atoms with van der Waals surface area (Å²) in [6.45, 7) is 6.68. The van der Waals surface area contributed by atoms with Gasteiger partial charge >= 0.3 is 0 Å². The van der Waals surface area contributed by atoms with Crippen molar-refractivity contribution in [3.05, 3.63) is 29.1 Å². The minimum absolute atomic E-state index is 0.605. The van der Waals surface area contributed by atoms with Crippen LogP contribution in [0.3, 0.4) is 0 Å². The molecule has 18 heavy (non-hydrogen) atoms. The Bertz CT molecular complexity index is 562. The summed E-state index contributed by atoms with van der Waals surface area (Å²) in [6.07, 6.45) is 2.43. The highest BCUT2D eigenvalue weighted by atomic mass is 15.1. The minimum Gasteiger partial charge on any atom is -0.342 e. The number of rotatable bonds is 1. The molecule has 0 bridgehead atoms. The molecule has 0 radical (unpaired) electrons. The minimum atomic E-state index is 0.605. The Morgan fingerprint density at radius 3 is 2.67 bits per heavy atom. The van der Waals surface area contributed by atoms with E-state index < -0.39 is 0 Å². The van der Waals surface area contributed by atoms with E-state index in [1.165, 1.54) is 48.4 Å². The summed E-state index contributed by atoms with van der Waals surface area (Å²) < 4.78 is 0. The van der Waals surface area contributed by atoms with E-state index in [9.17, 15) is 0 Å². The molecule has 3 nitrogen and oxygen atoms in total. The Labute approximate surface area is 108 Å². The van der Waals surface area contributed by atoms with Gasteiger partial charge in [-0.05, 0) is 64.0 Å². The zero-order chi connectivity index (χ0) is 12.7. The third-order valence-electron chi connectivity index (χ3n) is 4.30. The van der Waals surface area contributed by atoms with E-state index in [1.54, 1.807) is 0 Å². The van der Waals surface area contributed by atoms with Gasteiger partial charge < -0.3 is 9.88 Å². The van der Waals surface area contributed by atoms with Crippen LogP contribution in [0.25, 0.3) is 11.0 Å². The number of H-pyrrole nitrogens is 1. The lowest BCUT2D eigenvalue weighted by Crippen LogP contribution is -2.29. The number of nitrogens with one attached hydrogen (secondary N) is 1. The third kappa shape index (κ3) is 1.93. The molecule has 0 atom stereocenters. The van der Waals surface area contributed by atoms with E-state index in [4.69, 9.17) is 4.98 Å². The molecule has 96 valence electrons. The molecule has 0 spiro atoms.